The lowest BCUT2D eigenvalue weighted by Gasteiger charge is -2.36. The normalized spacial score (nSPS) is 14.4. The van der Waals surface area contributed by atoms with Gasteiger partial charge < -0.3 is 14.6 Å². The number of nitrogens with zero attached hydrogens (tertiary/aromatic N) is 3. The second-order valence-corrected chi connectivity index (χ2v) is 8.58. The average molecular weight is 457 g/mol. The predicted octanol–water partition coefficient (Wildman–Crippen LogP) is 3.95. The molecule has 1 aliphatic heterocycles. The number of para-hydroxylation sites is 2. The number of hydrogen-bond acceptors (Lipinski definition) is 5. The molecule has 174 valence electrons. The van der Waals surface area contributed by atoms with Crippen LogP contribution in [0.2, 0.25) is 0 Å². The van der Waals surface area contributed by atoms with E-state index in [2.05, 4.69) is 57.6 Å². The van der Waals surface area contributed by atoms with Crippen LogP contribution in [-0.4, -0.2) is 41.6 Å². The summed E-state index contributed by atoms with van der Waals surface area (Å²) in [5.41, 5.74) is 4.49. The summed E-state index contributed by atoms with van der Waals surface area (Å²) < 4.78 is 6.72. The molecule has 7 nitrogen and oxygen atoms in total. The van der Waals surface area contributed by atoms with Gasteiger partial charge in [-0.1, -0.05) is 42.5 Å². The molecule has 0 bridgehead atoms. The molecule has 4 aromatic rings. The number of aromatic nitrogens is 1. The van der Waals surface area contributed by atoms with Crippen molar-refractivity contribution in [1.82, 2.24) is 9.47 Å². The molecule has 34 heavy (non-hydrogen) atoms. The second-order valence-electron chi connectivity index (χ2n) is 8.58. The molecule has 1 saturated heterocycles. The van der Waals surface area contributed by atoms with E-state index >= 15 is 0 Å². The first-order valence-electron chi connectivity index (χ1n) is 11.7. The van der Waals surface area contributed by atoms with Crippen molar-refractivity contribution in [3.8, 4) is 0 Å². The number of amides is 1. The first kappa shape index (κ1) is 22.0. The molecule has 0 radical (unpaired) electrons. The molecular weight excluding hydrogens is 428 g/mol. The molecule has 0 aliphatic carbocycles. The molecule has 2 heterocycles. The zero-order valence-corrected chi connectivity index (χ0v) is 19.0. The third kappa shape index (κ3) is 5.05. The number of carbonyl (C=O) groups excluding carboxylic acids is 1. The lowest BCUT2D eigenvalue weighted by Crippen LogP contribution is -2.45. The van der Waals surface area contributed by atoms with Crippen molar-refractivity contribution in [2.45, 2.75) is 19.5 Å². The molecule has 0 spiro atoms. The van der Waals surface area contributed by atoms with E-state index in [4.69, 9.17) is 4.42 Å². The van der Waals surface area contributed by atoms with E-state index in [-0.39, 0.29) is 18.9 Å². The highest BCUT2D eigenvalue weighted by Gasteiger charge is 2.17. The van der Waals surface area contributed by atoms with Crippen LogP contribution in [0, 0.1) is 0 Å². The molecular formula is C27H28N4O3. The molecule has 5 rings (SSSR count). The summed E-state index contributed by atoms with van der Waals surface area (Å²) in [6.45, 7) is 5.26. The van der Waals surface area contributed by atoms with Crippen LogP contribution in [0.4, 0.5) is 11.4 Å². The number of oxazole rings is 1. The van der Waals surface area contributed by atoms with Crippen molar-refractivity contribution in [2.24, 2.45) is 0 Å². The fraction of sp³-hybridized carbons (Fsp3) is 0.259. The maximum atomic E-state index is 12.5. The smallest absolute Gasteiger partial charge is 0.408 e. The lowest BCUT2D eigenvalue weighted by atomic mass is 10.2. The first-order valence-corrected chi connectivity index (χ1v) is 11.7. The number of benzene rings is 3. The standard InChI is InChI=1S/C27H28N4O3/c32-26(14-15-31-24-8-4-5-9-25(24)34-27(31)33)28-22-10-12-23(13-11-22)30-18-16-29(17-19-30)20-21-6-2-1-3-7-21/h1-13H,14-20H2,(H,28,32). The monoisotopic (exact) mass is 456 g/mol. The zero-order valence-electron chi connectivity index (χ0n) is 19.0. The second kappa shape index (κ2) is 9.97. The number of anilines is 2. The highest BCUT2D eigenvalue weighted by atomic mass is 16.4. The summed E-state index contributed by atoms with van der Waals surface area (Å²) in [4.78, 5) is 29.4. The summed E-state index contributed by atoms with van der Waals surface area (Å²) in [6, 6.07) is 25.8. The van der Waals surface area contributed by atoms with Crippen molar-refractivity contribution >= 4 is 28.4 Å². The van der Waals surface area contributed by atoms with Crippen molar-refractivity contribution in [2.75, 3.05) is 36.4 Å². The summed E-state index contributed by atoms with van der Waals surface area (Å²) in [7, 11) is 0. The molecule has 1 amide bonds. The Hall–Kier alpha value is -3.84. The number of carbonyl (C=O) groups is 1. The SMILES string of the molecule is O=C(CCn1c(=O)oc2ccccc21)Nc1ccc(N2CCN(Cc3ccccc3)CC2)cc1. The number of rotatable bonds is 7. The van der Waals surface area contributed by atoms with Gasteiger partial charge in [0, 0.05) is 57.1 Å². The minimum atomic E-state index is -0.442. The van der Waals surface area contributed by atoms with Crippen molar-refractivity contribution in [3.05, 3.63) is 95.0 Å². The maximum Gasteiger partial charge on any atom is 0.419 e. The van der Waals surface area contributed by atoms with Crippen LogP contribution in [0.25, 0.3) is 11.1 Å². The summed E-state index contributed by atoms with van der Waals surface area (Å²) in [5, 5.41) is 2.92. The quantitative estimate of drug-likeness (QED) is 0.456. The van der Waals surface area contributed by atoms with Crippen molar-refractivity contribution in [1.29, 1.82) is 0 Å². The van der Waals surface area contributed by atoms with E-state index in [0.717, 1.165) is 44.1 Å². The van der Waals surface area contributed by atoms with Gasteiger partial charge in [-0.25, -0.2) is 4.79 Å². The zero-order chi connectivity index (χ0) is 23.3. The van der Waals surface area contributed by atoms with Crippen LogP contribution in [-0.2, 0) is 17.9 Å². The van der Waals surface area contributed by atoms with Gasteiger partial charge in [0.05, 0.1) is 5.52 Å². The van der Waals surface area contributed by atoms with Gasteiger partial charge in [0.2, 0.25) is 5.91 Å². The van der Waals surface area contributed by atoms with Crippen LogP contribution >= 0.6 is 0 Å². The largest absolute Gasteiger partial charge is 0.419 e. The Balaban J connectivity index is 1.11. The van der Waals surface area contributed by atoms with Crippen LogP contribution in [0.5, 0.6) is 0 Å². The Morgan fingerprint density at radius 1 is 0.853 bits per heavy atom. The maximum absolute atomic E-state index is 12.5. The third-order valence-electron chi connectivity index (χ3n) is 6.27. The Morgan fingerprint density at radius 3 is 2.32 bits per heavy atom. The van der Waals surface area contributed by atoms with E-state index in [0.29, 0.717) is 11.1 Å². The fourth-order valence-electron chi connectivity index (χ4n) is 4.42. The van der Waals surface area contributed by atoms with Gasteiger partial charge in [0.1, 0.15) is 0 Å². The van der Waals surface area contributed by atoms with Crippen molar-refractivity contribution in [3.63, 3.8) is 0 Å². The molecule has 3 aromatic carbocycles. The van der Waals surface area contributed by atoms with Crippen LogP contribution in [0.15, 0.2) is 88.1 Å². The summed E-state index contributed by atoms with van der Waals surface area (Å²) in [5.74, 6) is -0.582. The van der Waals surface area contributed by atoms with Crippen molar-refractivity contribution < 1.29 is 9.21 Å². The van der Waals surface area contributed by atoms with E-state index in [1.807, 2.05) is 30.3 Å². The average Bonchev–Trinajstić information content (AvgIpc) is 3.19. The predicted molar refractivity (Wildman–Crippen MR) is 134 cm³/mol. The highest BCUT2D eigenvalue weighted by Crippen LogP contribution is 2.20. The number of fused-ring (bicyclic) bond motifs is 1. The Bertz CT molecular complexity index is 1300. The van der Waals surface area contributed by atoms with Gasteiger partial charge in [0.25, 0.3) is 0 Å². The van der Waals surface area contributed by atoms with Crippen LogP contribution in [0.1, 0.15) is 12.0 Å². The number of hydrogen-bond donors (Lipinski definition) is 1. The molecule has 1 aliphatic rings. The summed E-state index contributed by atoms with van der Waals surface area (Å²) >= 11 is 0. The Morgan fingerprint density at radius 2 is 1.56 bits per heavy atom. The van der Waals surface area contributed by atoms with Gasteiger partial charge >= 0.3 is 5.76 Å². The van der Waals surface area contributed by atoms with E-state index in [1.54, 1.807) is 6.07 Å². The molecule has 7 heteroatoms. The third-order valence-corrected chi connectivity index (χ3v) is 6.27. The van der Waals surface area contributed by atoms with E-state index < -0.39 is 5.76 Å². The van der Waals surface area contributed by atoms with Gasteiger partial charge in [0.15, 0.2) is 5.58 Å². The molecule has 1 aromatic heterocycles. The van der Waals surface area contributed by atoms with Gasteiger partial charge in [-0.3, -0.25) is 14.3 Å². The molecule has 1 N–H and O–H groups in total. The molecule has 0 unspecified atom stereocenters. The lowest BCUT2D eigenvalue weighted by molar-refractivity contribution is -0.116. The van der Waals surface area contributed by atoms with Crippen LogP contribution < -0.4 is 16.0 Å². The topological polar surface area (TPSA) is 70.7 Å². The molecule has 1 fully saturated rings. The molecule has 0 atom stereocenters. The minimum absolute atomic E-state index is 0.139. The van der Waals surface area contributed by atoms with E-state index in [9.17, 15) is 9.59 Å². The Labute approximate surface area is 198 Å². The van der Waals surface area contributed by atoms with Crippen LogP contribution in [0.3, 0.4) is 0 Å². The number of piperazine rings is 1. The fourth-order valence-corrected chi connectivity index (χ4v) is 4.42. The molecule has 0 saturated carbocycles. The van der Waals surface area contributed by atoms with E-state index in [1.165, 1.54) is 10.1 Å². The first-order chi connectivity index (χ1) is 16.7. The number of nitrogens with one attached hydrogen (secondary N) is 1. The summed E-state index contributed by atoms with van der Waals surface area (Å²) in [6.07, 6.45) is 0.189. The minimum Gasteiger partial charge on any atom is -0.408 e. The number of aryl methyl sites for hydroxylation is 1. The van der Waals surface area contributed by atoms with Gasteiger partial charge in [-0.2, -0.15) is 0 Å². The van der Waals surface area contributed by atoms with Gasteiger partial charge in [-0.05, 0) is 42.0 Å². The van der Waals surface area contributed by atoms with Gasteiger partial charge in [-0.15, -0.1) is 0 Å². The Kier molecular flexibility index (Phi) is 6.44. The highest BCUT2D eigenvalue weighted by molar-refractivity contribution is 5.91.